The lowest BCUT2D eigenvalue weighted by molar-refractivity contribution is -0.124. The lowest BCUT2D eigenvalue weighted by Crippen LogP contribution is -2.33. The van der Waals surface area contributed by atoms with Gasteiger partial charge < -0.3 is 9.88 Å². The molecule has 0 bridgehead atoms. The van der Waals surface area contributed by atoms with Crippen molar-refractivity contribution in [3.63, 3.8) is 0 Å². The molecule has 6 nitrogen and oxygen atoms in total. The highest BCUT2D eigenvalue weighted by Crippen LogP contribution is 2.33. The summed E-state index contributed by atoms with van der Waals surface area (Å²) in [5.74, 6) is 6.19. The van der Waals surface area contributed by atoms with Crippen molar-refractivity contribution in [2.24, 2.45) is 5.84 Å². The van der Waals surface area contributed by atoms with Crippen LogP contribution >= 0.6 is 51.9 Å². The molecule has 0 fully saturated rings. The summed E-state index contributed by atoms with van der Waals surface area (Å²) in [7, 11) is 0. The molecule has 0 saturated carbocycles. The van der Waals surface area contributed by atoms with Crippen molar-refractivity contribution in [2.45, 2.75) is 12.3 Å². The first-order valence-electron chi connectivity index (χ1n) is 10.6. The van der Waals surface area contributed by atoms with E-state index in [1.165, 1.54) is 0 Å². The average Bonchev–Trinajstić information content (AvgIpc) is 3.27. The number of nitrogens with one attached hydrogen (secondary N) is 1. The molecule has 1 heterocycles. The van der Waals surface area contributed by atoms with Crippen molar-refractivity contribution in [2.75, 3.05) is 11.9 Å². The van der Waals surface area contributed by atoms with Crippen molar-refractivity contribution in [1.82, 2.24) is 14.0 Å². The van der Waals surface area contributed by atoms with E-state index in [2.05, 4.69) is 46.2 Å². The van der Waals surface area contributed by atoms with E-state index in [1.54, 1.807) is 0 Å². The van der Waals surface area contributed by atoms with Gasteiger partial charge in [-0.15, -0.1) is 11.6 Å². The molecular formula is C25H22BrCl2N5OS. The van der Waals surface area contributed by atoms with E-state index < -0.39 is 0 Å². The van der Waals surface area contributed by atoms with Crippen LogP contribution in [0.25, 0.3) is 16.9 Å². The molecule has 0 saturated heterocycles. The van der Waals surface area contributed by atoms with Crippen LogP contribution in [-0.4, -0.2) is 26.4 Å². The molecule has 4 aromatic rings. The lowest BCUT2D eigenvalue weighted by atomic mass is 10.1. The fraction of sp³-hybridized carbons (Fsp3) is 0.120. The molecule has 0 unspecified atom stereocenters. The SMILES string of the molecule is NN(S)C(=O)CNc1ccc(-n2cc(-c3c(Cl)cccc3CCl)nc2Cc2ccc(Br)cc2)cc1. The number of nitrogens with zero attached hydrogens (tertiary/aromatic N) is 3. The second-order valence-corrected chi connectivity index (χ2v) is 9.78. The third kappa shape index (κ3) is 6.20. The largest absolute Gasteiger partial charge is 0.376 e. The number of halogens is 3. The van der Waals surface area contributed by atoms with Crippen LogP contribution in [0.5, 0.6) is 0 Å². The van der Waals surface area contributed by atoms with Crippen LogP contribution in [0.3, 0.4) is 0 Å². The van der Waals surface area contributed by atoms with Crippen molar-refractivity contribution in [1.29, 1.82) is 0 Å². The number of hydrogen-bond donors (Lipinski definition) is 3. The maximum Gasteiger partial charge on any atom is 0.265 e. The van der Waals surface area contributed by atoms with Crippen LogP contribution in [0.15, 0.2) is 77.4 Å². The van der Waals surface area contributed by atoms with Gasteiger partial charge in [-0.05, 0) is 66.4 Å². The number of aromatic nitrogens is 2. The van der Waals surface area contributed by atoms with Crippen molar-refractivity contribution in [3.05, 3.63) is 99.4 Å². The molecule has 0 aliphatic rings. The zero-order valence-corrected chi connectivity index (χ0v) is 22.5. The maximum atomic E-state index is 11.7. The number of nitrogens with two attached hydrogens (primary N) is 1. The minimum Gasteiger partial charge on any atom is -0.376 e. The third-order valence-corrected chi connectivity index (χ3v) is 6.75. The Morgan fingerprint density at radius 1 is 1.11 bits per heavy atom. The molecule has 3 aromatic carbocycles. The molecule has 0 aliphatic heterocycles. The van der Waals surface area contributed by atoms with Gasteiger partial charge in [0.1, 0.15) is 5.82 Å². The summed E-state index contributed by atoms with van der Waals surface area (Å²) in [4.78, 5) is 16.7. The summed E-state index contributed by atoms with van der Waals surface area (Å²) in [5, 5.41) is 3.64. The Kier molecular flexibility index (Phi) is 8.41. The fourth-order valence-corrected chi connectivity index (χ4v) is 4.49. The fourth-order valence-electron chi connectivity index (χ4n) is 3.64. The Morgan fingerprint density at radius 3 is 2.49 bits per heavy atom. The predicted octanol–water partition coefficient (Wildman–Crippen LogP) is 6.24. The normalized spacial score (nSPS) is 10.9. The number of imidazole rings is 1. The van der Waals surface area contributed by atoms with Gasteiger partial charge in [0.05, 0.1) is 17.3 Å². The summed E-state index contributed by atoms with van der Waals surface area (Å²) in [6, 6.07) is 21.5. The molecule has 1 aromatic heterocycles. The number of carbonyl (C=O) groups is 1. The molecule has 4 rings (SSSR count). The van der Waals surface area contributed by atoms with Crippen molar-refractivity contribution < 1.29 is 4.79 Å². The molecule has 35 heavy (non-hydrogen) atoms. The van der Waals surface area contributed by atoms with E-state index in [0.717, 1.165) is 48.5 Å². The summed E-state index contributed by atoms with van der Waals surface area (Å²) in [5.41, 5.74) is 5.32. The van der Waals surface area contributed by atoms with Crippen LogP contribution in [0.1, 0.15) is 17.0 Å². The molecular weight excluding hydrogens is 569 g/mol. The summed E-state index contributed by atoms with van der Waals surface area (Å²) >= 11 is 20.1. The van der Waals surface area contributed by atoms with Crippen LogP contribution < -0.4 is 11.2 Å². The summed E-state index contributed by atoms with van der Waals surface area (Å²) < 4.78 is 3.82. The van der Waals surface area contributed by atoms with E-state index in [0.29, 0.717) is 17.3 Å². The number of anilines is 1. The number of rotatable bonds is 8. The van der Waals surface area contributed by atoms with Crippen LogP contribution in [0.2, 0.25) is 5.02 Å². The quantitative estimate of drug-likeness (QED) is 0.0746. The van der Waals surface area contributed by atoms with Crippen molar-refractivity contribution in [3.8, 4) is 16.9 Å². The first kappa shape index (κ1) is 25.6. The predicted molar refractivity (Wildman–Crippen MR) is 149 cm³/mol. The molecule has 1 amide bonds. The van der Waals surface area contributed by atoms with Crippen LogP contribution in [0.4, 0.5) is 5.69 Å². The summed E-state index contributed by atoms with van der Waals surface area (Å²) in [6.07, 6.45) is 2.60. The van der Waals surface area contributed by atoms with E-state index in [-0.39, 0.29) is 12.5 Å². The highest BCUT2D eigenvalue weighted by molar-refractivity contribution is 9.10. The van der Waals surface area contributed by atoms with Gasteiger partial charge in [-0.1, -0.05) is 51.8 Å². The standard InChI is InChI=1S/C25H22BrCl2N5OS/c26-18-6-4-16(5-7-18)12-23-31-22(25-17(13-27)2-1-3-21(25)28)15-32(23)20-10-8-19(9-11-20)30-14-24(34)33(29)35/h1-11,15,30,35H,12-14,29H2. The number of hydrazine groups is 1. The van der Waals surface area contributed by atoms with Gasteiger partial charge in [0, 0.05) is 39.9 Å². The first-order chi connectivity index (χ1) is 16.9. The van der Waals surface area contributed by atoms with Gasteiger partial charge in [0.25, 0.3) is 5.91 Å². The highest BCUT2D eigenvalue weighted by Gasteiger charge is 2.17. The van der Waals surface area contributed by atoms with Crippen molar-refractivity contribution >= 4 is 63.5 Å². The van der Waals surface area contributed by atoms with Crippen LogP contribution in [0, 0.1) is 0 Å². The van der Waals surface area contributed by atoms with Crippen LogP contribution in [-0.2, 0) is 17.1 Å². The van der Waals surface area contributed by atoms with Gasteiger partial charge in [0.15, 0.2) is 0 Å². The van der Waals surface area contributed by atoms with E-state index in [1.807, 2.05) is 65.4 Å². The minimum atomic E-state index is -0.344. The molecule has 0 radical (unpaired) electrons. The molecule has 10 heteroatoms. The number of carbonyl (C=O) groups excluding carboxylic acids is 1. The maximum absolute atomic E-state index is 11.7. The molecule has 3 N–H and O–H groups in total. The van der Waals surface area contributed by atoms with Gasteiger partial charge in [0.2, 0.25) is 0 Å². The topological polar surface area (TPSA) is 76.2 Å². The Bertz CT molecular complexity index is 1330. The third-order valence-electron chi connectivity index (χ3n) is 5.40. The minimum absolute atomic E-state index is 0.0388. The van der Waals surface area contributed by atoms with E-state index >= 15 is 0 Å². The number of amides is 1. The van der Waals surface area contributed by atoms with Gasteiger partial charge in [-0.3, -0.25) is 4.79 Å². The number of hydrogen-bond acceptors (Lipinski definition) is 5. The van der Waals surface area contributed by atoms with E-state index in [9.17, 15) is 4.79 Å². The van der Waals surface area contributed by atoms with E-state index in [4.69, 9.17) is 34.0 Å². The molecule has 0 aliphatic carbocycles. The Hall–Kier alpha value is -2.49. The Morgan fingerprint density at radius 2 is 1.83 bits per heavy atom. The summed E-state index contributed by atoms with van der Waals surface area (Å²) in [6.45, 7) is 0.0388. The monoisotopic (exact) mass is 589 g/mol. The first-order valence-corrected chi connectivity index (χ1v) is 12.7. The van der Waals surface area contributed by atoms with Gasteiger partial charge in [-0.25, -0.2) is 15.2 Å². The number of thiol groups is 1. The van der Waals surface area contributed by atoms with Gasteiger partial charge >= 0.3 is 0 Å². The number of alkyl halides is 1. The average molecular weight is 591 g/mol. The molecule has 180 valence electrons. The number of benzene rings is 3. The highest BCUT2D eigenvalue weighted by atomic mass is 79.9. The second kappa shape index (κ2) is 11.5. The molecule has 0 spiro atoms. The Labute approximate surface area is 227 Å². The Balaban J connectivity index is 1.71. The molecule has 0 atom stereocenters. The zero-order valence-electron chi connectivity index (χ0n) is 18.5. The zero-order chi connectivity index (χ0) is 24.9. The second-order valence-electron chi connectivity index (χ2n) is 7.76. The lowest BCUT2D eigenvalue weighted by Gasteiger charge is -2.12. The smallest absolute Gasteiger partial charge is 0.265 e. The van der Waals surface area contributed by atoms with Gasteiger partial charge in [-0.2, -0.15) is 0 Å².